The van der Waals surface area contributed by atoms with Crippen molar-refractivity contribution in [2.24, 2.45) is 0 Å². The molecule has 0 aliphatic rings. The second-order valence-electron chi connectivity index (χ2n) is 4.94. The van der Waals surface area contributed by atoms with Crippen LogP contribution in [0.15, 0.2) is 47.2 Å². The Bertz CT molecular complexity index is 523. The third-order valence-corrected chi connectivity index (χ3v) is 3.56. The first kappa shape index (κ1) is 14.1. The van der Waals surface area contributed by atoms with Crippen LogP contribution in [0, 0.1) is 6.92 Å². The highest BCUT2D eigenvalue weighted by Gasteiger charge is 2.03. The van der Waals surface area contributed by atoms with E-state index in [1.165, 1.54) is 11.1 Å². The normalized spacial score (nSPS) is 12.2. The maximum atomic E-state index is 4.22. The number of benzene rings is 1. The molecule has 1 aromatic heterocycles. The standard InChI is InChI=1S/C16H19BrN2/c1-12-4-3-5-14(10-12)7-6-13(2)19-15-8-9-16(17)18-11-15/h3-5,8-11,13,19H,6-7H2,1-2H3. The van der Waals surface area contributed by atoms with Crippen LogP contribution in [0.1, 0.15) is 24.5 Å². The first-order valence-corrected chi connectivity index (χ1v) is 7.36. The van der Waals surface area contributed by atoms with Gasteiger partial charge in [-0.1, -0.05) is 29.8 Å². The zero-order chi connectivity index (χ0) is 13.7. The number of nitrogens with zero attached hydrogens (tertiary/aromatic N) is 1. The summed E-state index contributed by atoms with van der Waals surface area (Å²) in [7, 11) is 0. The fourth-order valence-corrected chi connectivity index (χ4v) is 2.30. The Morgan fingerprint density at radius 3 is 2.79 bits per heavy atom. The first-order chi connectivity index (χ1) is 9.13. The molecule has 100 valence electrons. The molecule has 0 bridgehead atoms. The minimum atomic E-state index is 0.434. The Kier molecular flexibility index (Phi) is 4.97. The molecular formula is C16H19BrN2. The van der Waals surface area contributed by atoms with Crippen LogP contribution in [0.2, 0.25) is 0 Å². The van der Waals surface area contributed by atoms with Gasteiger partial charge in [0.2, 0.25) is 0 Å². The predicted molar refractivity (Wildman–Crippen MR) is 84.5 cm³/mol. The highest BCUT2D eigenvalue weighted by Crippen LogP contribution is 2.14. The van der Waals surface area contributed by atoms with Crippen LogP contribution in [0.5, 0.6) is 0 Å². The topological polar surface area (TPSA) is 24.9 Å². The number of rotatable bonds is 5. The molecule has 0 fully saturated rings. The van der Waals surface area contributed by atoms with E-state index in [1.807, 2.05) is 18.3 Å². The molecule has 2 aromatic rings. The lowest BCUT2D eigenvalue weighted by Crippen LogP contribution is -2.16. The number of halogens is 1. The average Bonchev–Trinajstić information content (AvgIpc) is 2.39. The van der Waals surface area contributed by atoms with Gasteiger partial charge in [-0.15, -0.1) is 0 Å². The summed E-state index contributed by atoms with van der Waals surface area (Å²) in [5, 5.41) is 3.47. The molecule has 1 heterocycles. The Morgan fingerprint density at radius 1 is 1.26 bits per heavy atom. The molecule has 19 heavy (non-hydrogen) atoms. The molecule has 3 heteroatoms. The summed E-state index contributed by atoms with van der Waals surface area (Å²) in [6.45, 7) is 4.34. The van der Waals surface area contributed by atoms with E-state index in [4.69, 9.17) is 0 Å². The zero-order valence-electron chi connectivity index (χ0n) is 11.4. The van der Waals surface area contributed by atoms with Crippen molar-refractivity contribution >= 4 is 21.6 Å². The van der Waals surface area contributed by atoms with Gasteiger partial charge in [-0.05, 0) is 60.3 Å². The summed E-state index contributed by atoms with van der Waals surface area (Å²) in [5.41, 5.74) is 3.80. The maximum Gasteiger partial charge on any atom is 0.106 e. The van der Waals surface area contributed by atoms with Crippen molar-refractivity contribution in [2.45, 2.75) is 32.7 Å². The van der Waals surface area contributed by atoms with Crippen LogP contribution in [-0.4, -0.2) is 11.0 Å². The Balaban J connectivity index is 1.84. The molecule has 2 rings (SSSR count). The van der Waals surface area contributed by atoms with Gasteiger partial charge in [0.1, 0.15) is 4.60 Å². The van der Waals surface area contributed by atoms with Gasteiger partial charge in [0.05, 0.1) is 11.9 Å². The number of pyridine rings is 1. The minimum absolute atomic E-state index is 0.434. The summed E-state index contributed by atoms with van der Waals surface area (Å²) in [6.07, 6.45) is 4.06. The zero-order valence-corrected chi connectivity index (χ0v) is 12.9. The third-order valence-electron chi connectivity index (χ3n) is 3.09. The van der Waals surface area contributed by atoms with Crippen molar-refractivity contribution < 1.29 is 0 Å². The van der Waals surface area contributed by atoms with Gasteiger partial charge in [-0.2, -0.15) is 0 Å². The van der Waals surface area contributed by atoms with E-state index in [2.05, 4.69) is 64.3 Å². The fraction of sp³-hybridized carbons (Fsp3) is 0.312. The second kappa shape index (κ2) is 6.71. The second-order valence-corrected chi connectivity index (χ2v) is 5.76. The molecule has 2 nitrogen and oxygen atoms in total. The summed E-state index contributed by atoms with van der Waals surface area (Å²) < 4.78 is 0.866. The highest BCUT2D eigenvalue weighted by molar-refractivity contribution is 9.10. The molecule has 1 unspecified atom stereocenters. The van der Waals surface area contributed by atoms with E-state index in [0.717, 1.165) is 23.1 Å². The van der Waals surface area contributed by atoms with Crippen LogP contribution in [0.25, 0.3) is 0 Å². The van der Waals surface area contributed by atoms with Crippen LogP contribution in [0.4, 0.5) is 5.69 Å². The summed E-state index contributed by atoms with van der Waals surface area (Å²) in [4.78, 5) is 4.22. The molecule has 0 saturated heterocycles. The number of aromatic nitrogens is 1. The minimum Gasteiger partial charge on any atom is -0.381 e. The number of nitrogens with one attached hydrogen (secondary N) is 1. The smallest absolute Gasteiger partial charge is 0.106 e. The Labute approximate surface area is 123 Å². The number of anilines is 1. The van der Waals surface area contributed by atoms with Crippen LogP contribution >= 0.6 is 15.9 Å². The molecule has 0 radical (unpaired) electrons. The van der Waals surface area contributed by atoms with Crippen molar-refractivity contribution in [2.75, 3.05) is 5.32 Å². The fourth-order valence-electron chi connectivity index (χ4n) is 2.07. The van der Waals surface area contributed by atoms with Gasteiger partial charge in [0.15, 0.2) is 0 Å². The Morgan fingerprint density at radius 2 is 2.11 bits per heavy atom. The maximum absolute atomic E-state index is 4.22. The molecule has 0 spiro atoms. The van der Waals surface area contributed by atoms with Gasteiger partial charge < -0.3 is 5.32 Å². The summed E-state index contributed by atoms with van der Waals surface area (Å²) >= 11 is 3.34. The number of aryl methyl sites for hydroxylation is 2. The molecule has 1 aromatic carbocycles. The summed E-state index contributed by atoms with van der Waals surface area (Å²) in [5.74, 6) is 0. The molecule has 0 aliphatic heterocycles. The lowest BCUT2D eigenvalue weighted by atomic mass is 10.0. The molecule has 0 amide bonds. The molecule has 1 atom stereocenters. The summed E-state index contributed by atoms with van der Waals surface area (Å²) in [6, 6.07) is 13.1. The SMILES string of the molecule is Cc1cccc(CCC(C)Nc2ccc(Br)nc2)c1. The Hall–Kier alpha value is -1.35. The van der Waals surface area contributed by atoms with Crippen LogP contribution in [0.3, 0.4) is 0 Å². The highest BCUT2D eigenvalue weighted by atomic mass is 79.9. The number of hydrogen-bond acceptors (Lipinski definition) is 2. The van der Waals surface area contributed by atoms with Gasteiger partial charge in [0, 0.05) is 6.04 Å². The van der Waals surface area contributed by atoms with E-state index < -0.39 is 0 Å². The lowest BCUT2D eigenvalue weighted by Gasteiger charge is -2.15. The van der Waals surface area contributed by atoms with Crippen molar-refractivity contribution in [3.8, 4) is 0 Å². The first-order valence-electron chi connectivity index (χ1n) is 6.57. The molecule has 0 saturated carbocycles. The van der Waals surface area contributed by atoms with Crippen molar-refractivity contribution in [3.63, 3.8) is 0 Å². The van der Waals surface area contributed by atoms with E-state index >= 15 is 0 Å². The van der Waals surface area contributed by atoms with E-state index in [1.54, 1.807) is 0 Å². The quantitative estimate of drug-likeness (QED) is 0.816. The van der Waals surface area contributed by atoms with Gasteiger partial charge in [-0.25, -0.2) is 4.98 Å². The third kappa shape index (κ3) is 4.67. The van der Waals surface area contributed by atoms with Crippen molar-refractivity contribution in [3.05, 3.63) is 58.3 Å². The van der Waals surface area contributed by atoms with Crippen molar-refractivity contribution in [1.29, 1.82) is 0 Å². The number of hydrogen-bond donors (Lipinski definition) is 1. The van der Waals surface area contributed by atoms with Gasteiger partial charge in [0.25, 0.3) is 0 Å². The predicted octanol–water partition coefficient (Wildman–Crippen LogP) is 4.59. The average molecular weight is 319 g/mol. The monoisotopic (exact) mass is 318 g/mol. The molecular weight excluding hydrogens is 300 g/mol. The van der Waals surface area contributed by atoms with Crippen LogP contribution < -0.4 is 5.32 Å². The van der Waals surface area contributed by atoms with E-state index in [9.17, 15) is 0 Å². The van der Waals surface area contributed by atoms with Gasteiger partial charge >= 0.3 is 0 Å². The molecule has 0 aliphatic carbocycles. The lowest BCUT2D eigenvalue weighted by molar-refractivity contribution is 0.705. The van der Waals surface area contributed by atoms with Crippen LogP contribution in [-0.2, 0) is 6.42 Å². The molecule has 1 N–H and O–H groups in total. The van der Waals surface area contributed by atoms with E-state index in [-0.39, 0.29) is 0 Å². The van der Waals surface area contributed by atoms with Crippen molar-refractivity contribution in [1.82, 2.24) is 4.98 Å². The van der Waals surface area contributed by atoms with Gasteiger partial charge in [-0.3, -0.25) is 0 Å². The van der Waals surface area contributed by atoms with E-state index in [0.29, 0.717) is 6.04 Å². The largest absolute Gasteiger partial charge is 0.381 e.